The fraction of sp³-hybridized carbons (Fsp3) is 0.746. The van der Waals surface area contributed by atoms with Gasteiger partial charge in [0.25, 0.3) is 0 Å². The van der Waals surface area contributed by atoms with E-state index in [2.05, 4.69) is 54.8 Å². The lowest BCUT2D eigenvalue weighted by atomic mass is 9.96. The average molecular weight is 1190 g/mol. The third-order valence-electron chi connectivity index (χ3n) is 14.1. The number of hydrogen-bond donors (Lipinski definition) is 9. The number of halogens is 1. The molecule has 0 spiro atoms. The van der Waals surface area contributed by atoms with Crippen LogP contribution in [0.25, 0.3) is 0 Å². The molecule has 1 aliphatic heterocycles. The van der Waals surface area contributed by atoms with Crippen LogP contribution in [0.2, 0.25) is 0 Å². The van der Waals surface area contributed by atoms with E-state index in [1.807, 2.05) is 67.5 Å². The minimum Gasteiger partial charge on any atom is -0.354 e. The molecule has 1 aromatic carbocycles. The van der Waals surface area contributed by atoms with Gasteiger partial charge in [0.1, 0.15) is 52.6 Å². The van der Waals surface area contributed by atoms with Crippen LogP contribution in [0.5, 0.6) is 0 Å². The van der Waals surface area contributed by atoms with Gasteiger partial charge in [-0.25, -0.2) is 12.8 Å². The van der Waals surface area contributed by atoms with Crippen LogP contribution in [0.4, 0.5) is 4.39 Å². The minimum absolute atomic E-state index is 0.0178. The first-order valence-corrected chi connectivity index (χ1v) is 31.1. The maximum atomic E-state index is 14.3. The number of likely N-dealkylation sites (N-methyl/N-ethyl adjacent to an activating group) is 1. The summed E-state index contributed by atoms with van der Waals surface area (Å²) in [6.45, 7) is 24.5. The van der Waals surface area contributed by atoms with Gasteiger partial charge < -0.3 is 52.8 Å². The Kier molecular flexibility index (Phi) is 29.8. The van der Waals surface area contributed by atoms with E-state index < -0.39 is 110 Å². The SMILES string of the molecule is CCCCCCCC[C@H](NC(=O)[C@@H]1CCCN1S(=O)(=O)c1ccc(F)cc1)C(=O)N[C@@H](CC(C)C)C(=O)NC(C)(C)C(=O)N[C@@H](CC(C)C)C(=O)N[C@@H](CC(C)C)C(=O)NC(C)(C)C(=O)NC(C)(C)C(=O)NCCC(=O)N[C@@H](C)CN(C)C. The molecule has 0 saturated carbocycles. The van der Waals surface area contributed by atoms with Gasteiger partial charge >= 0.3 is 0 Å². The van der Waals surface area contributed by atoms with Crippen molar-refractivity contribution in [2.45, 2.75) is 238 Å². The summed E-state index contributed by atoms with van der Waals surface area (Å²) >= 11 is 0. The summed E-state index contributed by atoms with van der Waals surface area (Å²) in [6, 6.07) is -1.67. The molecule has 9 N–H and O–H groups in total. The zero-order valence-corrected chi connectivity index (χ0v) is 53.3. The Morgan fingerprint density at radius 3 is 1.58 bits per heavy atom. The number of unbranched alkanes of at least 4 members (excludes halogenated alkanes) is 5. The molecule has 472 valence electrons. The Labute approximate surface area is 494 Å². The first-order chi connectivity index (χ1) is 38.4. The fourth-order valence-electron chi connectivity index (χ4n) is 9.54. The van der Waals surface area contributed by atoms with E-state index in [1.54, 1.807) is 0 Å². The molecule has 6 atom stereocenters. The van der Waals surface area contributed by atoms with Crippen LogP contribution in [-0.2, 0) is 53.2 Å². The normalized spacial score (nSPS) is 16.1. The maximum Gasteiger partial charge on any atom is 0.246 e. The molecule has 1 fully saturated rings. The Balaban J connectivity index is 2.27. The van der Waals surface area contributed by atoms with Crippen LogP contribution >= 0.6 is 0 Å². The van der Waals surface area contributed by atoms with Crippen LogP contribution in [0.1, 0.15) is 180 Å². The number of benzene rings is 1. The highest BCUT2D eigenvalue weighted by Crippen LogP contribution is 2.27. The predicted octanol–water partition coefficient (Wildman–Crippen LogP) is 4.06. The van der Waals surface area contributed by atoms with Crippen molar-refractivity contribution in [1.82, 2.24) is 57.1 Å². The predicted molar refractivity (Wildman–Crippen MR) is 318 cm³/mol. The second kappa shape index (κ2) is 33.7. The van der Waals surface area contributed by atoms with Gasteiger partial charge in [-0.15, -0.1) is 0 Å². The Morgan fingerprint density at radius 2 is 1.07 bits per heavy atom. The van der Waals surface area contributed by atoms with Gasteiger partial charge in [-0.2, -0.15) is 4.31 Å². The van der Waals surface area contributed by atoms with E-state index in [0.717, 1.165) is 60.7 Å². The fourth-order valence-corrected chi connectivity index (χ4v) is 11.2. The molecule has 24 heteroatoms. The van der Waals surface area contributed by atoms with Crippen molar-refractivity contribution < 1.29 is 56.0 Å². The van der Waals surface area contributed by atoms with E-state index in [0.29, 0.717) is 19.4 Å². The van der Waals surface area contributed by atoms with Crippen molar-refractivity contribution in [2.24, 2.45) is 17.8 Å². The van der Waals surface area contributed by atoms with Gasteiger partial charge in [0.15, 0.2) is 0 Å². The smallest absolute Gasteiger partial charge is 0.246 e. The van der Waals surface area contributed by atoms with Gasteiger partial charge in [-0.05, 0) is 143 Å². The third kappa shape index (κ3) is 25.2. The molecule has 9 amide bonds. The molecule has 0 bridgehead atoms. The van der Waals surface area contributed by atoms with Crippen molar-refractivity contribution in [3.8, 4) is 0 Å². The summed E-state index contributed by atoms with van der Waals surface area (Å²) in [6.07, 6.45) is 6.42. The number of nitrogens with one attached hydrogen (secondary N) is 9. The zero-order chi connectivity index (χ0) is 63.2. The number of hydrogen-bond acceptors (Lipinski definition) is 12. The number of sulfonamides is 1. The highest BCUT2D eigenvalue weighted by atomic mass is 32.2. The Bertz CT molecular complexity index is 2450. The molecule has 0 aliphatic carbocycles. The Hall–Kier alpha value is -5.75. The van der Waals surface area contributed by atoms with Crippen molar-refractivity contribution in [3.63, 3.8) is 0 Å². The Morgan fingerprint density at radius 1 is 0.602 bits per heavy atom. The molecule has 83 heavy (non-hydrogen) atoms. The largest absolute Gasteiger partial charge is 0.354 e. The maximum absolute atomic E-state index is 14.3. The standard InChI is InChI=1S/C59H102FN11O11S/c1-17-18-19-20-21-22-24-43(63-53(77)47-25-23-32-71(47)83(81,82)42-28-26-41(60)27-29-42)49(73)64-45(34-38(4)5)51(75)67-58(11,12)55(79)66-44(33-37(2)3)50(74)65-46(35-39(6)7)52(76)68-59(13,14)56(80)69-57(9,10)54(78)61-31-30-48(72)62-40(8)36-70(15)16/h26-29,37-40,43-47H,17-25,30-36H2,1-16H3,(H,61,78)(H,62,72)(H,63,77)(H,64,73)(H,65,74)(H,66,79)(H,67,75)(H,68,76)(H,69,80)/t40-,43-,44-,45-,46-,47-/m0/s1. The highest BCUT2D eigenvalue weighted by molar-refractivity contribution is 7.89. The number of carbonyl (C=O) groups excluding carboxylic acids is 9. The van der Waals surface area contributed by atoms with Gasteiger partial charge in [0.2, 0.25) is 63.2 Å². The lowest BCUT2D eigenvalue weighted by Gasteiger charge is -2.34. The molecule has 2 rings (SSSR count). The lowest BCUT2D eigenvalue weighted by Crippen LogP contribution is -2.65. The number of carbonyl (C=O) groups is 9. The number of nitrogens with zero attached hydrogens (tertiary/aromatic N) is 2. The summed E-state index contributed by atoms with van der Waals surface area (Å²) in [7, 11) is -0.427. The first kappa shape index (κ1) is 73.4. The van der Waals surface area contributed by atoms with E-state index in [4.69, 9.17) is 0 Å². The quantitative estimate of drug-likeness (QED) is 0.0430. The van der Waals surface area contributed by atoms with E-state index in [1.165, 1.54) is 41.5 Å². The third-order valence-corrected chi connectivity index (χ3v) is 16.0. The van der Waals surface area contributed by atoms with Crippen LogP contribution < -0.4 is 47.9 Å². The van der Waals surface area contributed by atoms with Crippen molar-refractivity contribution >= 4 is 63.2 Å². The number of amides is 9. The molecule has 0 radical (unpaired) electrons. The second-order valence-corrected chi connectivity index (χ2v) is 27.3. The molecule has 1 aromatic rings. The summed E-state index contributed by atoms with van der Waals surface area (Å²) in [5.41, 5.74) is -4.75. The molecule has 0 aromatic heterocycles. The monoisotopic (exact) mass is 1190 g/mol. The molecular weight excluding hydrogens is 1090 g/mol. The van der Waals surface area contributed by atoms with Crippen LogP contribution in [0.3, 0.4) is 0 Å². The second-order valence-electron chi connectivity index (χ2n) is 25.4. The number of rotatable bonds is 36. The van der Waals surface area contributed by atoms with Crippen LogP contribution in [0, 0.1) is 23.6 Å². The summed E-state index contributed by atoms with van der Waals surface area (Å²) < 4.78 is 42.2. The van der Waals surface area contributed by atoms with Crippen molar-refractivity contribution in [1.29, 1.82) is 0 Å². The van der Waals surface area contributed by atoms with E-state index in [-0.39, 0.29) is 86.2 Å². The van der Waals surface area contributed by atoms with Crippen molar-refractivity contribution in [2.75, 3.05) is 33.7 Å². The van der Waals surface area contributed by atoms with Crippen LogP contribution in [-0.4, -0.2) is 157 Å². The molecule has 1 heterocycles. The first-order valence-electron chi connectivity index (χ1n) is 29.6. The van der Waals surface area contributed by atoms with Gasteiger partial charge in [-0.1, -0.05) is 87.0 Å². The van der Waals surface area contributed by atoms with E-state index in [9.17, 15) is 56.0 Å². The summed E-state index contributed by atoms with van der Waals surface area (Å²) in [5.74, 6) is -6.79. The molecule has 22 nitrogen and oxygen atoms in total. The van der Waals surface area contributed by atoms with Gasteiger partial charge in [0, 0.05) is 32.1 Å². The highest BCUT2D eigenvalue weighted by Gasteiger charge is 2.43. The lowest BCUT2D eigenvalue weighted by molar-refractivity contribution is -0.139. The topological polar surface area (TPSA) is 303 Å². The van der Waals surface area contributed by atoms with Gasteiger partial charge in [0.05, 0.1) is 4.90 Å². The van der Waals surface area contributed by atoms with Gasteiger partial charge in [-0.3, -0.25) is 43.2 Å². The zero-order valence-electron chi connectivity index (χ0n) is 52.5. The molecular formula is C59H102FN11O11S. The summed E-state index contributed by atoms with van der Waals surface area (Å²) in [5, 5.41) is 24.8. The molecule has 0 unspecified atom stereocenters. The minimum atomic E-state index is -4.21. The molecule has 1 saturated heterocycles. The summed E-state index contributed by atoms with van der Waals surface area (Å²) in [4.78, 5) is 126. The molecule has 1 aliphatic rings. The average Bonchev–Trinajstić information content (AvgIpc) is 4.16. The van der Waals surface area contributed by atoms with Crippen molar-refractivity contribution in [3.05, 3.63) is 30.1 Å². The van der Waals surface area contributed by atoms with Crippen LogP contribution in [0.15, 0.2) is 29.2 Å². The van der Waals surface area contributed by atoms with E-state index >= 15 is 0 Å².